The third-order valence-electron chi connectivity index (χ3n) is 5.11. The standard InChI is InChI=1S/C23H23N3O/c1-16-14-19-10-6-7-11-22(19)26(16)20-12-13-21(24-15-20)23(27)25-17(2)18-8-4-3-5-9-18/h3-13,15-17H,14H2,1-2H3,(H,25,27). The highest BCUT2D eigenvalue weighted by molar-refractivity contribution is 5.92. The molecule has 0 fully saturated rings. The lowest BCUT2D eigenvalue weighted by Crippen LogP contribution is -2.28. The highest BCUT2D eigenvalue weighted by Gasteiger charge is 2.27. The monoisotopic (exact) mass is 357 g/mol. The highest BCUT2D eigenvalue weighted by Crippen LogP contribution is 2.37. The summed E-state index contributed by atoms with van der Waals surface area (Å²) < 4.78 is 0. The van der Waals surface area contributed by atoms with Crippen molar-refractivity contribution in [3.8, 4) is 0 Å². The van der Waals surface area contributed by atoms with Gasteiger partial charge in [0.25, 0.3) is 5.91 Å². The summed E-state index contributed by atoms with van der Waals surface area (Å²) in [6.45, 7) is 4.19. The van der Waals surface area contributed by atoms with Gasteiger partial charge in [-0.1, -0.05) is 48.5 Å². The van der Waals surface area contributed by atoms with E-state index in [1.165, 1.54) is 11.3 Å². The van der Waals surface area contributed by atoms with Crippen LogP contribution in [0.25, 0.3) is 0 Å². The summed E-state index contributed by atoms with van der Waals surface area (Å²) in [7, 11) is 0. The summed E-state index contributed by atoms with van der Waals surface area (Å²) in [6.07, 6.45) is 2.81. The third-order valence-corrected chi connectivity index (χ3v) is 5.11. The zero-order chi connectivity index (χ0) is 18.8. The minimum atomic E-state index is -0.159. The van der Waals surface area contributed by atoms with Crippen LogP contribution < -0.4 is 10.2 Å². The van der Waals surface area contributed by atoms with Crippen molar-refractivity contribution in [2.45, 2.75) is 32.4 Å². The maximum absolute atomic E-state index is 12.5. The zero-order valence-corrected chi connectivity index (χ0v) is 15.6. The van der Waals surface area contributed by atoms with Gasteiger partial charge in [-0.3, -0.25) is 4.79 Å². The number of amides is 1. The first kappa shape index (κ1) is 17.3. The van der Waals surface area contributed by atoms with E-state index in [9.17, 15) is 4.79 Å². The molecular formula is C23H23N3O. The molecule has 1 aromatic heterocycles. The number of rotatable bonds is 4. The Kier molecular flexibility index (Phi) is 4.63. The minimum absolute atomic E-state index is 0.0642. The first-order chi connectivity index (χ1) is 13.1. The molecule has 1 aliphatic heterocycles. The van der Waals surface area contributed by atoms with Crippen molar-refractivity contribution in [1.29, 1.82) is 0 Å². The van der Waals surface area contributed by atoms with Crippen LogP contribution in [0.1, 0.15) is 41.5 Å². The topological polar surface area (TPSA) is 45.2 Å². The van der Waals surface area contributed by atoms with Crippen LogP contribution in [0.2, 0.25) is 0 Å². The van der Waals surface area contributed by atoms with Gasteiger partial charge in [0.2, 0.25) is 0 Å². The number of nitrogens with zero attached hydrogens (tertiary/aromatic N) is 2. The van der Waals surface area contributed by atoms with Gasteiger partial charge < -0.3 is 10.2 Å². The van der Waals surface area contributed by atoms with Gasteiger partial charge in [0.05, 0.1) is 17.9 Å². The quantitative estimate of drug-likeness (QED) is 0.739. The second kappa shape index (κ2) is 7.23. The Bertz CT molecular complexity index is 937. The first-order valence-corrected chi connectivity index (χ1v) is 9.32. The molecule has 2 atom stereocenters. The van der Waals surface area contributed by atoms with Crippen LogP contribution >= 0.6 is 0 Å². The molecule has 0 spiro atoms. The maximum Gasteiger partial charge on any atom is 0.270 e. The average molecular weight is 357 g/mol. The average Bonchev–Trinajstić information content (AvgIpc) is 3.04. The number of para-hydroxylation sites is 1. The largest absolute Gasteiger partial charge is 0.344 e. The maximum atomic E-state index is 12.5. The lowest BCUT2D eigenvalue weighted by molar-refractivity contribution is 0.0935. The summed E-state index contributed by atoms with van der Waals surface area (Å²) in [6, 6.07) is 22.5. The van der Waals surface area contributed by atoms with Crippen molar-refractivity contribution < 1.29 is 4.79 Å². The lowest BCUT2D eigenvalue weighted by atomic mass is 10.1. The van der Waals surface area contributed by atoms with Gasteiger partial charge in [-0.15, -0.1) is 0 Å². The van der Waals surface area contributed by atoms with Crippen molar-refractivity contribution in [1.82, 2.24) is 10.3 Å². The van der Waals surface area contributed by atoms with Crippen molar-refractivity contribution in [2.24, 2.45) is 0 Å². The van der Waals surface area contributed by atoms with E-state index < -0.39 is 0 Å². The van der Waals surface area contributed by atoms with Crippen LogP contribution in [0.4, 0.5) is 11.4 Å². The molecule has 0 radical (unpaired) electrons. The Balaban J connectivity index is 1.50. The van der Waals surface area contributed by atoms with Crippen molar-refractivity contribution in [2.75, 3.05) is 4.90 Å². The fourth-order valence-corrected chi connectivity index (χ4v) is 3.72. The fourth-order valence-electron chi connectivity index (χ4n) is 3.72. The second-order valence-electron chi connectivity index (χ2n) is 7.06. The van der Waals surface area contributed by atoms with Gasteiger partial charge in [-0.25, -0.2) is 4.98 Å². The molecule has 2 aromatic carbocycles. The predicted molar refractivity (Wildman–Crippen MR) is 108 cm³/mol. The van der Waals surface area contributed by atoms with Gasteiger partial charge in [0.1, 0.15) is 5.69 Å². The van der Waals surface area contributed by atoms with Gasteiger partial charge >= 0.3 is 0 Å². The van der Waals surface area contributed by atoms with E-state index in [-0.39, 0.29) is 11.9 Å². The Labute approximate surface area is 159 Å². The van der Waals surface area contributed by atoms with Crippen LogP contribution in [-0.2, 0) is 6.42 Å². The summed E-state index contributed by atoms with van der Waals surface area (Å²) in [5.41, 5.74) is 5.09. The lowest BCUT2D eigenvalue weighted by Gasteiger charge is -2.24. The van der Waals surface area contributed by atoms with Gasteiger partial charge in [-0.05, 0) is 49.6 Å². The molecule has 27 heavy (non-hydrogen) atoms. The Morgan fingerprint density at radius 3 is 2.56 bits per heavy atom. The van der Waals surface area contributed by atoms with E-state index in [4.69, 9.17) is 0 Å². The van der Waals surface area contributed by atoms with Crippen LogP contribution in [-0.4, -0.2) is 16.9 Å². The summed E-state index contributed by atoms with van der Waals surface area (Å²) in [5, 5.41) is 3.01. The molecule has 0 aliphatic carbocycles. The molecule has 2 heterocycles. The van der Waals surface area contributed by atoms with Crippen molar-refractivity contribution >= 4 is 17.3 Å². The summed E-state index contributed by atoms with van der Waals surface area (Å²) in [4.78, 5) is 19.2. The number of fused-ring (bicyclic) bond motifs is 1. The summed E-state index contributed by atoms with van der Waals surface area (Å²) in [5.74, 6) is -0.159. The van der Waals surface area contributed by atoms with Crippen LogP contribution in [0.15, 0.2) is 72.9 Å². The minimum Gasteiger partial charge on any atom is -0.344 e. The molecule has 1 N–H and O–H groups in total. The third kappa shape index (κ3) is 3.43. The SMILES string of the molecule is CC(NC(=O)c1ccc(N2c3ccccc3CC2C)cn1)c1ccccc1. The van der Waals surface area contributed by atoms with Gasteiger partial charge in [0.15, 0.2) is 0 Å². The molecule has 1 aliphatic rings. The van der Waals surface area contributed by atoms with E-state index in [1.54, 1.807) is 12.3 Å². The normalized spacial score (nSPS) is 16.7. The number of anilines is 2. The van der Waals surface area contributed by atoms with Crippen LogP contribution in [0.3, 0.4) is 0 Å². The molecule has 1 amide bonds. The van der Waals surface area contributed by atoms with Crippen molar-refractivity contribution in [3.63, 3.8) is 0 Å². The van der Waals surface area contributed by atoms with Crippen molar-refractivity contribution in [3.05, 3.63) is 89.7 Å². The van der Waals surface area contributed by atoms with E-state index in [1.807, 2.05) is 43.3 Å². The van der Waals surface area contributed by atoms with E-state index in [0.29, 0.717) is 11.7 Å². The van der Waals surface area contributed by atoms with E-state index >= 15 is 0 Å². The molecule has 4 nitrogen and oxygen atoms in total. The van der Waals surface area contributed by atoms with E-state index in [0.717, 1.165) is 17.7 Å². The molecule has 136 valence electrons. The van der Waals surface area contributed by atoms with Gasteiger partial charge in [0, 0.05) is 11.7 Å². The fraction of sp³-hybridized carbons (Fsp3) is 0.217. The number of carbonyl (C=O) groups excluding carboxylic acids is 1. The number of aromatic nitrogens is 1. The molecule has 4 heteroatoms. The summed E-state index contributed by atoms with van der Waals surface area (Å²) >= 11 is 0. The second-order valence-corrected chi connectivity index (χ2v) is 7.06. The smallest absolute Gasteiger partial charge is 0.270 e. The molecule has 0 saturated carbocycles. The number of benzene rings is 2. The molecule has 2 unspecified atom stereocenters. The van der Waals surface area contributed by atoms with Crippen LogP contribution in [0, 0.1) is 0 Å². The predicted octanol–water partition coefficient (Wildman–Crippen LogP) is 4.66. The zero-order valence-electron chi connectivity index (χ0n) is 15.6. The number of hydrogen-bond donors (Lipinski definition) is 1. The molecule has 3 aromatic rings. The number of nitrogens with one attached hydrogen (secondary N) is 1. The van der Waals surface area contributed by atoms with E-state index in [2.05, 4.69) is 46.4 Å². The molecule has 0 bridgehead atoms. The van der Waals surface area contributed by atoms with Crippen LogP contribution in [0.5, 0.6) is 0 Å². The number of hydrogen-bond acceptors (Lipinski definition) is 3. The molecular weight excluding hydrogens is 334 g/mol. The first-order valence-electron chi connectivity index (χ1n) is 9.32. The Morgan fingerprint density at radius 1 is 1.07 bits per heavy atom. The number of carbonyl (C=O) groups is 1. The highest BCUT2D eigenvalue weighted by atomic mass is 16.1. The molecule has 4 rings (SSSR count). The Morgan fingerprint density at radius 2 is 1.81 bits per heavy atom. The molecule has 0 saturated heterocycles. The van der Waals surface area contributed by atoms with Gasteiger partial charge in [-0.2, -0.15) is 0 Å². The number of pyridine rings is 1. The Hall–Kier alpha value is -3.14.